The highest BCUT2D eigenvalue weighted by molar-refractivity contribution is 5.97. The summed E-state index contributed by atoms with van der Waals surface area (Å²) < 4.78 is 0. The average molecular weight is 344 g/mol. The molecule has 2 heterocycles. The highest BCUT2D eigenvalue weighted by atomic mass is 16.4. The first-order valence-electron chi connectivity index (χ1n) is 9.24. The standard InChI is InChI=1S/C20H28N2O3/c1-13(2)21-9-8-18-16(11-21)12-22(19(18)23)17-6-4-15(5-7-17)10-14(3)20(24)25/h4-7,13-14,16,18H,8-12H2,1-3H3,(H,24,25)/t14?,16-,18-/m0/s1. The van der Waals surface area contributed by atoms with Crippen LogP contribution in [0.3, 0.4) is 0 Å². The highest BCUT2D eigenvalue weighted by Crippen LogP contribution is 2.35. The van der Waals surface area contributed by atoms with Gasteiger partial charge in [0, 0.05) is 36.7 Å². The maximum absolute atomic E-state index is 12.8. The summed E-state index contributed by atoms with van der Waals surface area (Å²) in [5.74, 6) is -0.362. The summed E-state index contributed by atoms with van der Waals surface area (Å²) in [4.78, 5) is 28.2. The van der Waals surface area contributed by atoms with Crippen LogP contribution in [0.5, 0.6) is 0 Å². The minimum atomic E-state index is -0.780. The Morgan fingerprint density at radius 3 is 2.48 bits per heavy atom. The van der Waals surface area contributed by atoms with Gasteiger partial charge in [-0.25, -0.2) is 0 Å². The van der Waals surface area contributed by atoms with E-state index in [9.17, 15) is 9.59 Å². The Kier molecular flexibility index (Phi) is 5.13. The quantitative estimate of drug-likeness (QED) is 0.892. The van der Waals surface area contributed by atoms with E-state index in [1.165, 1.54) is 0 Å². The molecule has 136 valence electrons. The van der Waals surface area contributed by atoms with E-state index in [0.29, 0.717) is 18.4 Å². The number of aliphatic carboxylic acids is 1. The van der Waals surface area contributed by atoms with Crippen LogP contribution in [-0.2, 0) is 16.0 Å². The van der Waals surface area contributed by atoms with Crippen LogP contribution < -0.4 is 4.90 Å². The van der Waals surface area contributed by atoms with Crippen molar-refractivity contribution in [2.45, 2.75) is 39.7 Å². The van der Waals surface area contributed by atoms with E-state index in [1.54, 1.807) is 6.92 Å². The van der Waals surface area contributed by atoms with Crippen LogP contribution in [0.2, 0.25) is 0 Å². The number of rotatable bonds is 5. The van der Waals surface area contributed by atoms with Crippen LogP contribution in [0.4, 0.5) is 5.69 Å². The molecule has 1 unspecified atom stereocenters. The van der Waals surface area contributed by atoms with E-state index >= 15 is 0 Å². The second-order valence-corrected chi connectivity index (χ2v) is 7.80. The van der Waals surface area contributed by atoms with Gasteiger partial charge in [-0.1, -0.05) is 19.1 Å². The highest BCUT2D eigenvalue weighted by Gasteiger charge is 2.44. The number of hydrogen-bond acceptors (Lipinski definition) is 3. The maximum Gasteiger partial charge on any atom is 0.306 e. The van der Waals surface area contributed by atoms with Crippen LogP contribution >= 0.6 is 0 Å². The van der Waals surface area contributed by atoms with Crippen molar-refractivity contribution >= 4 is 17.6 Å². The summed E-state index contributed by atoms with van der Waals surface area (Å²) in [5.41, 5.74) is 1.93. The van der Waals surface area contributed by atoms with E-state index in [2.05, 4.69) is 18.7 Å². The predicted molar refractivity (Wildman–Crippen MR) is 97.6 cm³/mol. The average Bonchev–Trinajstić information content (AvgIpc) is 2.91. The molecule has 1 N–H and O–H groups in total. The van der Waals surface area contributed by atoms with Gasteiger partial charge in [-0.15, -0.1) is 0 Å². The van der Waals surface area contributed by atoms with Gasteiger partial charge in [0.1, 0.15) is 0 Å². The molecule has 0 saturated carbocycles. The summed E-state index contributed by atoms with van der Waals surface area (Å²) in [6.07, 6.45) is 1.46. The molecule has 1 amide bonds. The van der Waals surface area contributed by atoms with E-state index in [1.807, 2.05) is 29.2 Å². The molecule has 0 radical (unpaired) electrons. The zero-order valence-corrected chi connectivity index (χ0v) is 15.3. The third kappa shape index (κ3) is 3.71. The lowest BCUT2D eigenvalue weighted by Gasteiger charge is -2.35. The minimum Gasteiger partial charge on any atom is -0.481 e. The molecule has 2 fully saturated rings. The molecule has 2 aliphatic rings. The second-order valence-electron chi connectivity index (χ2n) is 7.80. The number of likely N-dealkylation sites (tertiary alicyclic amines) is 1. The summed E-state index contributed by atoms with van der Waals surface area (Å²) in [5, 5.41) is 9.03. The number of piperidine rings is 1. The normalized spacial score (nSPS) is 25.3. The number of hydrogen-bond donors (Lipinski definition) is 1. The molecule has 2 saturated heterocycles. The number of anilines is 1. The Morgan fingerprint density at radius 1 is 1.20 bits per heavy atom. The van der Waals surface area contributed by atoms with Gasteiger partial charge in [0.2, 0.25) is 5.91 Å². The zero-order chi connectivity index (χ0) is 18.1. The van der Waals surface area contributed by atoms with Crippen molar-refractivity contribution in [3.63, 3.8) is 0 Å². The molecule has 0 aliphatic carbocycles. The number of carboxylic acid groups (broad SMARTS) is 1. The van der Waals surface area contributed by atoms with Crippen LogP contribution in [-0.4, -0.2) is 47.6 Å². The van der Waals surface area contributed by atoms with Crippen molar-refractivity contribution in [3.05, 3.63) is 29.8 Å². The summed E-state index contributed by atoms with van der Waals surface area (Å²) in [6.45, 7) is 8.93. The van der Waals surface area contributed by atoms with E-state index in [4.69, 9.17) is 5.11 Å². The number of carbonyl (C=O) groups is 2. The Bertz CT molecular complexity index is 641. The molecule has 1 aromatic rings. The number of amides is 1. The predicted octanol–water partition coefficient (Wildman–Crippen LogP) is 2.64. The molecule has 1 aromatic carbocycles. The van der Waals surface area contributed by atoms with Crippen molar-refractivity contribution in [1.82, 2.24) is 4.90 Å². The first kappa shape index (κ1) is 17.9. The van der Waals surface area contributed by atoms with E-state index in [-0.39, 0.29) is 11.8 Å². The summed E-state index contributed by atoms with van der Waals surface area (Å²) in [7, 11) is 0. The fourth-order valence-electron chi connectivity index (χ4n) is 4.05. The molecule has 2 aliphatic heterocycles. The Balaban J connectivity index is 1.68. The second kappa shape index (κ2) is 7.16. The van der Waals surface area contributed by atoms with Gasteiger partial charge in [-0.05, 0) is 50.9 Å². The van der Waals surface area contributed by atoms with Gasteiger partial charge in [-0.2, -0.15) is 0 Å². The summed E-state index contributed by atoms with van der Waals surface area (Å²) in [6, 6.07) is 8.34. The van der Waals surface area contributed by atoms with Gasteiger partial charge in [0.15, 0.2) is 0 Å². The molecule has 3 rings (SSSR count). The Morgan fingerprint density at radius 2 is 1.88 bits per heavy atom. The Hall–Kier alpha value is -1.88. The summed E-state index contributed by atoms with van der Waals surface area (Å²) >= 11 is 0. The fourth-order valence-corrected chi connectivity index (χ4v) is 4.05. The van der Waals surface area contributed by atoms with Gasteiger partial charge >= 0.3 is 5.97 Å². The number of carbonyl (C=O) groups excluding carboxylic acids is 1. The lowest BCUT2D eigenvalue weighted by Crippen LogP contribution is -2.44. The molecule has 0 bridgehead atoms. The lowest BCUT2D eigenvalue weighted by atomic mass is 9.88. The van der Waals surface area contributed by atoms with Gasteiger partial charge < -0.3 is 14.9 Å². The largest absolute Gasteiger partial charge is 0.481 e. The minimum absolute atomic E-state index is 0.154. The van der Waals surface area contributed by atoms with E-state index < -0.39 is 11.9 Å². The van der Waals surface area contributed by atoms with Crippen molar-refractivity contribution in [2.75, 3.05) is 24.5 Å². The number of fused-ring (bicyclic) bond motifs is 1. The van der Waals surface area contributed by atoms with Gasteiger partial charge in [0.05, 0.1) is 5.92 Å². The van der Waals surface area contributed by atoms with Gasteiger partial charge in [-0.3, -0.25) is 9.59 Å². The molecular weight excluding hydrogens is 316 g/mol. The first-order valence-corrected chi connectivity index (χ1v) is 9.24. The number of carboxylic acids is 1. The SMILES string of the molecule is CC(Cc1ccc(N2C[C@@H]3CN(C(C)C)CC[C@@H]3C2=O)cc1)C(=O)O. The molecule has 0 aromatic heterocycles. The Labute approximate surface area is 149 Å². The van der Waals surface area contributed by atoms with Gasteiger partial charge in [0.25, 0.3) is 0 Å². The third-order valence-corrected chi connectivity index (χ3v) is 5.71. The number of benzene rings is 1. The van der Waals surface area contributed by atoms with Crippen molar-refractivity contribution in [1.29, 1.82) is 0 Å². The third-order valence-electron chi connectivity index (χ3n) is 5.71. The van der Waals surface area contributed by atoms with Crippen LogP contribution in [0.15, 0.2) is 24.3 Å². The molecule has 3 atom stereocenters. The van der Waals surface area contributed by atoms with Crippen molar-refractivity contribution in [2.24, 2.45) is 17.8 Å². The zero-order valence-electron chi connectivity index (χ0n) is 15.3. The lowest BCUT2D eigenvalue weighted by molar-refractivity contribution is -0.141. The molecule has 0 spiro atoms. The molecular formula is C20H28N2O3. The molecule has 5 nitrogen and oxygen atoms in total. The van der Waals surface area contributed by atoms with Crippen LogP contribution in [0.1, 0.15) is 32.8 Å². The van der Waals surface area contributed by atoms with Crippen LogP contribution in [0.25, 0.3) is 0 Å². The molecule has 25 heavy (non-hydrogen) atoms. The monoisotopic (exact) mass is 344 g/mol. The van der Waals surface area contributed by atoms with Crippen molar-refractivity contribution in [3.8, 4) is 0 Å². The topological polar surface area (TPSA) is 60.9 Å². The smallest absolute Gasteiger partial charge is 0.306 e. The number of nitrogens with zero attached hydrogens (tertiary/aromatic N) is 2. The fraction of sp³-hybridized carbons (Fsp3) is 0.600. The van der Waals surface area contributed by atoms with E-state index in [0.717, 1.165) is 37.3 Å². The maximum atomic E-state index is 12.8. The van der Waals surface area contributed by atoms with Crippen LogP contribution in [0, 0.1) is 17.8 Å². The molecule has 5 heteroatoms. The first-order chi connectivity index (χ1) is 11.9. The van der Waals surface area contributed by atoms with Crippen molar-refractivity contribution < 1.29 is 14.7 Å².